The van der Waals surface area contributed by atoms with E-state index in [1.165, 1.54) is 154 Å². The summed E-state index contributed by atoms with van der Waals surface area (Å²) in [6.07, 6.45) is 36.7. The second kappa shape index (κ2) is 39.4. The number of ether oxygens (including phenoxy) is 4. The van der Waals surface area contributed by atoms with E-state index in [1.54, 1.807) is 0 Å². The van der Waals surface area contributed by atoms with Gasteiger partial charge in [0.1, 0.15) is 30.5 Å². The first-order valence-corrected chi connectivity index (χ1v) is 23.8. The Balaban J connectivity index is 2.20. The number of esters is 1. The van der Waals surface area contributed by atoms with Crippen molar-refractivity contribution in [2.24, 2.45) is 0 Å². The third-order valence-electron chi connectivity index (χ3n) is 11.2. The molecule has 1 aliphatic rings. The zero-order valence-electron chi connectivity index (χ0n) is 36.4. The Kier molecular flexibility index (Phi) is 37.2. The van der Waals surface area contributed by atoms with E-state index in [9.17, 15) is 25.2 Å². The van der Waals surface area contributed by atoms with Crippen molar-refractivity contribution in [2.75, 3.05) is 26.4 Å². The Bertz CT molecular complexity index is 869. The number of carbonyl (C=O) groups is 1. The van der Waals surface area contributed by atoms with Crippen molar-refractivity contribution >= 4 is 5.97 Å². The molecule has 9 nitrogen and oxygen atoms in total. The lowest BCUT2D eigenvalue weighted by atomic mass is 9.99. The largest absolute Gasteiger partial charge is 0.457 e. The minimum absolute atomic E-state index is 0.111. The predicted octanol–water partition coefficient (Wildman–Crippen LogP) is 10.8. The van der Waals surface area contributed by atoms with Crippen LogP contribution < -0.4 is 0 Å². The van der Waals surface area contributed by atoms with Gasteiger partial charge in [0.25, 0.3) is 0 Å². The third-order valence-corrected chi connectivity index (χ3v) is 11.2. The molecule has 6 atom stereocenters. The molecular formula is C47H90O9. The first kappa shape index (κ1) is 52.9. The Hall–Kier alpha value is -1.07. The third kappa shape index (κ3) is 30.0. The summed E-state index contributed by atoms with van der Waals surface area (Å²) in [7, 11) is 0. The molecule has 1 aliphatic heterocycles. The van der Waals surface area contributed by atoms with Crippen LogP contribution in [0.2, 0.25) is 0 Å². The molecule has 6 unspecified atom stereocenters. The summed E-state index contributed by atoms with van der Waals surface area (Å²) in [5.41, 5.74) is 0. The van der Waals surface area contributed by atoms with Crippen molar-refractivity contribution in [3.63, 3.8) is 0 Å². The van der Waals surface area contributed by atoms with Gasteiger partial charge in [-0.3, -0.25) is 4.79 Å². The number of allylic oxidation sites excluding steroid dienone is 2. The van der Waals surface area contributed by atoms with Crippen LogP contribution >= 0.6 is 0 Å². The molecule has 1 fully saturated rings. The molecule has 56 heavy (non-hydrogen) atoms. The minimum Gasteiger partial charge on any atom is -0.457 e. The fraction of sp³-hybridized carbons (Fsp3) is 0.936. The lowest BCUT2D eigenvalue weighted by Crippen LogP contribution is -2.59. The standard InChI is InChI=1S/C47H90O9/c1-3-5-7-9-11-13-15-17-18-19-20-21-22-23-25-27-29-31-33-35-37-53-39-41(40-54-47-46(52)45(51)44(50)42(38-48)56-47)55-43(49)36-34-32-30-28-26-24-16-14-12-10-8-6-4-2/h14,16,41-42,44-48,50-52H,3-13,15,17-40H2,1-2H3/b16-14-. The molecule has 0 aliphatic carbocycles. The summed E-state index contributed by atoms with van der Waals surface area (Å²) in [6.45, 7) is 4.57. The van der Waals surface area contributed by atoms with Crippen LogP contribution in [0.3, 0.4) is 0 Å². The van der Waals surface area contributed by atoms with Gasteiger partial charge in [0.2, 0.25) is 0 Å². The smallest absolute Gasteiger partial charge is 0.306 e. The number of hydrogen-bond donors (Lipinski definition) is 4. The van der Waals surface area contributed by atoms with Crippen LogP contribution in [0, 0.1) is 0 Å². The zero-order valence-corrected chi connectivity index (χ0v) is 36.4. The number of unbranched alkanes of at least 4 members (excludes halogenated alkanes) is 28. The van der Waals surface area contributed by atoms with E-state index >= 15 is 0 Å². The maximum Gasteiger partial charge on any atom is 0.306 e. The van der Waals surface area contributed by atoms with Gasteiger partial charge in [0.15, 0.2) is 6.29 Å². The summed E-state index contributed by atoms with van der Waals surface area (Å²) in [5, 5.41) is 40.1. The maximum absolute atomic E-state index is 12.8. The highest BCUT2D eigenvalue weighted by Crippen LogP contribution is 2.23. The number of carbonyl (C=O) groups excluding carboxylic acids is 1. The SMILES string of the molecule is CCCCCC/C=C\CCCCCCCC(=O)OC(COCCCCCCCCCCCCCCCCCCCCCC)COC1OC(CO)C(O)C(O)C1O. The number of hydrogen-bond acceptors (Lipinski definition) is 9. The molecule has 0 spiro atoms. The van der Waals surface area contributed by atoms with Crippen molar-refractivity contribution in [1.82, 2.24) is 0 Å². The molecule has 0 saturated carbocycles. The second-order valence-electron chi connectivity index (χ2n) is 16.6. The summed E-state index contributed by atoms with van der Waals surface area (Å²) in [6, 6.07) is 0. The van der Waals surface area contributed by atoms with Gasteiger partial charge in [-0.2, -0.15) is 0 Å². The monoisotopic (exact) mass is 799 g/mol. The van der Waals surface area contributed by atoms with E-state index in [2.05, 4.69) is 26.0 Å². The molecule has 1 saturated heterocycles. The summed E-state index contributed by atoms with van der Waals surface area (Å²) >= 11 is 0. The Morgan fingerprint density at radius 1 is 0.554 bits per heavy atom. The lowest BCUT2D eigenvalue weighted by molar-refractivity contribution is -0.305. The molecule has 1 heterocycles. The minimum atomic E-state index is -1.53. The van der Waals surface area contributed by atoms with Gasteiger partial charge in [-0.1, -0.05) is 187 Å². The molecule has 0 aromatic rings. The first-order chi connectivity index (χ1) is 27.4. The Morgan fingerprint density at radius 2 is 0.982 bits per heavy atom. The number of aliphatic hydroxyl groups excluding tert-OH is 4. The van der Waals surface area contributed by atoms with Gasteiger partial charge in [0.05, 0.1) is 19.8 Å². The van der Waals surface area contributed by atoms with Gasteiger partial charge >= 0.3 is 5.97 Å². The van der Waals surface area contributed by atoms with Crippen LogP contribution in [0.5, 0.6) is 0 Å². The second-order valence-corrected chi connectivity index (χ2v) is 16.6. The average Bonchev–Trinajstić information content (AvgIpc) is 3.20. The van der Waals surface area contributed by atoms with E-state index in [-0.39, 0.29) is 19.2 Å². The van der Waals surface area contributed by atoms with Crippen molar-refractivity contribution in [3.05, 3.63) is 12.2 Å². The van der Waals surface area contributed by atoms with E-state index in [1.807, 2.05) is 0 Å². The fourth-order valence-corrected chi connectivity index (χ4v) is 7.43. The van der Waals surface area contributed by atoms with Gasteiger partial charge < -0.3 is 39.4 Å². The molecule has 332 valence electrons. The highest BCUT2D eigenvalue weighted by atomic mass is 16.7. The molecule has 0 radical (unpaired) electrons. The van der Waals surface area contributed by atoms with E-state index in [4.69, 9.17) is 18.9 Å². The van der Waals surface area contributed by atoms with E-state index in [0.717, 1.165) is 44.9 Å². The number of rotatable bonds is 41. The van der Waals surface area contributed by atoms with E-state index < -0.39 is 43.4 Å². The van der Waals surface area contributed by atoms with Gasteiger partial charge in [-0.25, -0.2) is 0 Å². The average molecular weight is 799 g/mol. The van der Waals surface area contributed by atoms with Crippen molar-refractivity contribution in [3.8, 4) is 0 Å². The normalized spacial score (nSPS) is 20.6. The highest BCUT2D eigenvalue weighted by molar-refractivity contribution is 5.69. The van der Waals surface area contributed by atoms with Gasteiger partial charge in [-0.05, 0) is 38.5 Å². The summed E-state index contributed by atoms with van der Waals surface area (Å²) in [4.78, 5) is 12.8. The molecule has 0 aromatic carbocycles. The molecule has 9 heteroatoms. The van der Waals surface area contributed by atoms with Crippen LogP contribution in [0.4, 0.5) is 0 Å². The Labute approximate surface area is 344 Å². The van der Waals surface area contributed by atoms with Crippen LogP contribution in [0.25, 0.3) is 0 Å². The van der Waals surface area contributed by atoms with Crippen molar-refractivity contribution in [2.45, 2.75) is 256 Å². The van der Waals surface area contributed by atoms with Crippen LogP contribution in [0.15, 0.2) is 12.2 Å². The molecule has 0 amide bonds. The van der Waals surface area contributed by atoms with Crippen LogP contribution in [-0.4, -0.2) is 89.6 Å². The predicted molar refractivity (Wildman–Crippen MR) is 229 cm³/mol. The van der Waals surface area contributed by atoms with Crippen LogP contribution in [0.1, 0.15) is 219 Å². The molecule has 0 bridgehead atoms. The molecule has 4 N–H and O–H groups in total. The molecular weight excluding hydrogens is 709 g/mol. The van der Waals surface area contributed by atoms with Crippen molar-refractivity contribution in [1.29, 1.82) is 0 Å². The quantitative estimate of drug-likeness (QED) is 0.0271. The van der Waals surface area contributed by atoms with Crippen molar-refractivity contribution < 1.29 is 44.2 Å². The highest BCUT2D eigenvalue weighted by Gasteiger charge is 2.44. The fourth-order valence-electron chi connectivity index (χ4n) is 7.43. The maximum atomic E-state index is 12.8. The topological polar surface area (TPSA) is 135 Å². The number of aliphatic hydroxyl groups is 4. The van der Waals surface area contributed by atoms with E-state index in [0.29, 0.717) is 13.0 Å². The lowest BCUT2D eigenvalue weighted by Gasteiger charge is -2.39. The Morgan fingerprint density at radius 3 is 1.46 bits per heavy atom. The summed E-state index contributed by atoms with van der Waals surface area (Å²) in [5.74, 6) is -0.319. The molecule has 1 rings (SSSR count). The van der Waals surface area contributed by atoms with Gasteiger partial charge in [0, 0.05) is 13.0 Å². The summed E-state index contributed by atoms with van der Waals surface area (Å²) < 4.78 is 22.8. The van der Waals surface area contributed by atoms with Crippen LogP contribution in [-0.2, 0) is 23.7 Å². The van der Waals surface area contributed by atoms with Gasteiger partial charge in [-0.15, -0.1) is 0 Å². The first-order valence-electron chi connectivity index (χ1n) is 23.8. The zero-order chi connectivity index (χ0) is 40.7. The molecule has 0 aromatic heterocycles.